The maximum absolute atomic E-state index is 11.6. The number of anilines is 1. The number of carbonyl (C=O) groups excluding carboxylic acids is 1. The van der Waals surface area contributed by atoms with Crippen molar-refractivity contribution in [3.8, 4) is 12.1 Å². The quantitative estimate of drug-likeness (QED) is 0.774. The van der Waals surface area contributed by atoms with Gasteiger partial charge in [-0.3, -0.25) is 10.5 Å². The zero-order valence-electron chi connectivity index (χ0n) is 10.7. The topological polar surface area (TPSA) is 117 Å². The molecule has 4 N–H and O–H groups in total. The Kier molecular flexibility index (Phi) is 5.16. The van der Waals surface area contributed by atoms with Crippen molar-refractivity contribution in [2.45, 2.75) is 24.1 Å². The number of nitrogens with two attached hydrogens (primary N) is 1. The SMILES string of the molecule is CCNC(=O)[C@@H](C)Sc1[nH+]c(N)c(C#N)cc1C#N. The molecule has 0 bridgehead atoms. The molecule has 0 aliphatic rings. The van der Waals surface area contributed by atoms with Crippen molar-refractivity contribution in [2.24, 2.45) is 0 Å². The van der Waals surface area contributed by atoms with Crippen molar-refractivity contribution in [3.05, 3.63) is 17.2 Å². The van der Waals surface area contributed by atoms with E-state index in [1.807, 2.05) is 19.1 Å². The fraction of sp³-hybridized carbons (Fsp3) is 0.333. The Balaban J connectivity index is 3.02. The summed E-state index contributed by atoms with van der Waals surface area (Å²) in [6, 6.07) is 5.30. The van der Waals surface area contributed by atoms with Gasteiger partial charge in [0.15, 0.2) is 5.03 Å². The van der Waals surface area contributed by atoms with Crippen molar-refractivity contribution in [2.75, 3.05) is 12.3 Å². The number of nitrogen functional groups attached to an aromatic ring is 1. The third-order valence-corrected chi connectivity index (χ3v) is 3.45. The van der Waals surface area contributed by atoms with Gasteiger partial charge in [-0.2, -0.15) is 10.5 Å². The number of hydrogen-bond donors (Lipinski definition) is 2. The summed E-state index contributed by atoms with van der Waals surface area (Å²) < 4.78 is 0. The number of rotatable bonds is 4. The molecule has 6 nitrogen and oxygen atoms in total. The Morgan fingerprint density at radius 1 is 1.53 bits per heavy atom. The smallest absolute Gasteiger partial charge is 0.289 e. The summed E-state index contributed by atoms with van der Waals surface area (Å²) >= 11 is 1.20. The van der Waals surface area contributed by atoms with Crippen LogP contribution in [0.5, 0.6) is 0 Å². The highest BCUT2D eigenvalue weighted by Crippen LogP contribution is 2.24. The lowest BCUT2D eigenvalue weighted by Gasteiger charge is -2.10. The summed E-state index contributed by atoms with van der Waals surface area (Å²) in [5, 5.41) is 20.7. The first-order valence-corrected chi connectivity index (χ1v) is 6.51. The number of amides is 1. The van der Waals surface area contributed by atoms with Gasteiger partial charge in [0.1, 0.15) is 23.3 Å². The van der Waals surface area contributed by atoms with Gasteiger partial charge in [-0.05, 0) is 19.9 Å². The minimum absolute atomic E-state index is 0.118. The lowest BCUT2D eigenvalue weighted by Crippen LogP contribution is -2.31. The molecule has 0 saturated carbocycles. The largest absolute Gasteiger partial charge is 0.355 e. The number of aromatic nitrogens is 1. The van der Waals surface area contributed by atoms with Crippen LogP contribution in [0.2, 0.25) is 0 Å². The summed E-state index contributed by atoms with van der Waals surface area (Å²) in [7, 11) is 0. The summed E-state index contributed by atoms with van der Waals surface area (Å²) in [5.41, 5.74) is 6.18. The van der Waals surface area contributed by atoms with Crippen LogP contribution in [0.1, 0.15) is 25.0 Å². The normalized spacial score (nSPS) is 11.2. The van der Waals surface area contributed by atoms with E-state index in [0.29, 0.717) is 17.1 Å². The molecular weight excluding hydrogens is 262 g/mol. The van der Waals surface area contributed by atoms with Crippen LogP contribution >= 0.6 is 11.8 Å². The lowest BCUT2D eigenvalue weighted by atomic mass is 10.2. The second-order valence-corrected chi connectivity index (χ2v) is 5.07. The van der Waals surface area contributed by atoms with Gasteiger partial charge < -0.3 is 5.32 Å². The molecule has 1 aromatic heterocycles. The predicted octanol–water partition coefficient (Wildman–Crippen LogP) is 0.443. The maximum Gasteiger partial charge on any atom is 0.289 e. The van der Waals surface area contributed by atoms with Crippen molar-refractivity contribution >= 4 is 23.5 Å². The number of aromatic amines is 1. The minimum atomic E-state index is -0.365. The van der Waals surface area contributed by atoms with Crippen molar-refractivity contribution in [1.29, 1.82) is 10.5 Å². The van der Waals surface area contributed by atoms with E-state index in [1.54, 1.807) is 6.92 Å². The standard InChI is InChI=1S/C12H13N5OS/c1-3-16-11(18)7(2)19-12-9(6-14)4-8(5-13)10(15)17-12/h4,7H,3H2,1-2H3,(H2,15,17)(H,16,18)/p+1/t7-/m1/s1. The van der Waals surface area contributed by atoms with Crippen LogP contribution in [0.4, 0.5) is 5.82 Å². The Morgan fingerprint density at radius 2 is 2.16 bits per heavy atom. The maximum atomic E-state index is 11.6. The number of pyridine rings is 1. The first-order valence-electron chi connectivity index (χ1n) is 5.63. The fourth-order valence-corrected chi connectivity index (χ4v) is 2.31. The average Bonchev–Trinajstić information content (AvgIpc) is 2.39. The second-order valence-electron chi connectivity index (χ2n) is 3.72. The zero-order chi connectivity index (χ0) is 14.4. The number of nitriles is 2. The van der Waals surface area contributed by atoms with Crippen molar-refractivity contribution in [3.63, 3.8) is 0 Å². The molecule has 0 aromatic carbocycles. The average molecular weight is 276 g/mol. The van der Waals surface area contributed by atoms with Gasteiger partial charge in [0.25, 0.3) is 5.82 Å². The van der Waals surface area contributed by atoms with Crippen LogP contribution in [0, 0.1) is 22.7 Å². The number of hydrogen-bond acceptors (Lipinski definition) is 5. The highest BCUT2D eigenvalue weighted by atomic mass is 32.2. The molecular formula is C12H14N5OS+. The van der Waals surface area contributed by atoms with Crippen LogP contribution in [0.3, 0.4) is 0 Å². The molecule has 19 heavy (non-hydrogen) atoms. The van der Waals surface area contributed by atoms with Gasteiger partial charge in [0, 0.05) is 6.54 Å². The minimum Gasteiger partial charge on any atom is -0.355 e. The van der Waals surface area contributed by atoms with Crippen LogP contribution in [0.15, 0.2) is 11.1 Å². The Bertz CT molecular complexity index is 573. The number of carbonyl (C=O) groups is 1. The van der Waals surface area contributed by atoms with E-state index in [9.17, 15) is 4.79 Å². The molecule has 0 fully saturated rings. The molecule has 7 heteroatoms. The van der Waals surface area contributed by atoms with Gasteiger partial charge in [0.2, 0.25) is 5.91 Å². The number of H-pyrrole nitrogens is 1. The van der Waals surface area contributed by atoms with Crippen LogP contribution < -0.4 is 16.0 Å². The van der Waals surface area contributed by atoms with Crippen LogP contribution in [0.25, 0.3) is 0 Å². The lowest BCUT2D eigenvalue weighted by molar-refractivity contribution is -0.410. The monoisotopic (exact) mass is 276 g/mol. The fourth-order valence-electron chi connectivity index (χ4n) is 1.36. The molecule has 1 atom stereocenters. The Hall–Kier alpha value is -2.25. The number of thioether (sulfide) groups is 1. The van der Waals surface area contributed by atoms with Gasteiger partial charge >= 0.3 is 0 Å². The number of nitrogens with one attached hydrogen (secondary N) is 2. The van der Waals surface area contributed by atoms with Gasteiger partial charge in [-0.25, -0.2) is 4.98 Å². The molecule has 1 heterocycles. The third kappa shape index (κ3) is 3.60. The van der Waals surface area contributed by atoms with E-state index in [2.05, 4.69) is 10.3 Å². The van der Waals surface area contributed by atoms with E-state index in [1.165, 1.54) is 17.8 Å². The van der Waals surface area contributed by atoms with E-state index < -0.39 is 0 Å². The van der Waals surface area contributed by atoms with Gasteiger partial charge in [0.05, 0.1) is 5.25 Å². The molecule has 1 aromatic rings. The summed E-state index contributed by atoms with van der Waals surface area (Å²) in [6.07, 6.45) is 0. The Labute approximate surface area is 115 Å². The molecule has 98 valence electrons. The molecule has 1 rings (SSSR count). The molecule has 0 radical (unpaired) electrons. The molecule has 0 spiro atoms. The van der Waals surface area contributed by atoms with Crippen molar-refractivity contribution < 1.29 is 9.78 Å². The third-order valence-electron chi connectivity index (χ3n) is 2.33. The predicted molar refractivity (Wildman–Crippen MR) is 70.8 cm³/mol. The summed E-state index contributed by atoms with van der Waals surface area (Å²) in [4.78, 5) is 14.4. The molecule has 0 unspecified atom stereocenters. The highest BCUT2D eigenvalue weighted by Gasteiger charge is 2.20. The summed E-state index contributed by atoms with van der Waals surface area (Å²) in [5.74, 6) is 0.0693. The van der Waals surface area contributed by atoms with E-state index in [0.717, 1.165) is 0 Å². The first-order chi connectivity index (χ1) is 9.03. The van der Waals surface area contributed by atoms with Crippen LogP contribution in [-0.4, -0.2) is 17.7 Å². The molecule has 1 amide bonds. The van der Waals surface area contributed by atoms with Gasteiger partial charge in [-0.15, -0.1) is 0 Å². The Morgan fingerprint density at radius 3 is 2.68 bits per heavy atom. The van der Waals surface area contributed by atoms with Crippen LogP contribution in [-0.2, 0) is 4.79 Å². The second kappa shape index (κ2) is 6.62. The summed E-state index contributed by atoms with van der Waals surface area (Å²) in [6.45, 7) is 4.12. The molecule has 0 aliphatic heterocycles. The van der Waals surface area contributed by atoms with E-state index in [4.69, 9.17) is 16.3 Å². The number of nitrogens with zero attached hydrogens (tertiary/aromatic N) is 2. The van der Waals surface area contributed by atoms with E-state index >= 15 is 0 Å². The first kappa shape index (κ1) is 14.8. The van der Waals surface area contributed by atoms with E-state index in [-0.39, 0.29) is 22.5 Å². The highest BCUT2D eigenvalue weighted by molar-refractivity contribution is 8.00. The van der Waals surface area contributed by atoms with Crippen molar-refractivity contribution in [1.82, 2.24) is 5.32 Å². The zero-order valence-corrected chi connectivity index (χ0v) is 11.5. The molecule has 0 aliphatic carbocycles. The molecule has 0 saturated heterocycles. The van der Waals surface area contributed by atoms with Gasteiger partial charge in [-0.1, -0.05) is 11.8 Å².